The van der Waals surface area contributed by atoms with E-state index in [0.717, 1.165) is 42.1 Å². The van der Waals surface area contributed by atoms with Crippen molar-refractivity contribution < 1.29 is 4.39 Å². The van der Waals surface area contributed by atoms with Crippen molar-refractivity contribution in [3.05, 3.63) is 48.5 Å². The number of rotatable bonds is 2. The van der Waals surface area contributed by atoms with E-state index in [1.807, 2.05) is 12.1 Å². The third kappa shape index (κ3) is 2.21. The first kappa shape index (κ1) is 13.2. The molecule has 1 atom stereocenters. The Morgan fingerprint density at radius 2 is 2.18 bits per heavy atom. The van der Waals surface area contributed by atoms with Crippen molar-refractivity contribution >= 4 is 11.3 Å². The molecule has 1 aromatic carbocycles. The molecule has 1 unspecified atom stereocenters. The summed E-state index contributed by atoms with van der Waals surface area (Å²) in [5.41, 5.74) is 8.39. The SMILES string of the molecule is NC1CCN(c2nccn3nc(-c4cccc(F)c4)cc23)C1. The highest BCUT2D eigenvalue weighted by molar-refractivity contribution is 5.75. The number of hydrogen-bond donors (Lipinski definition) is 1. The van der Waals surface area contributed by atoms with Crippen molar-refractivity contribution in [3.8, 4) is 11.3 Å². The van der Waals surface area contributed by atoms with Crippen molar-refractivity contribution in [3.63, 3.8) is 0 Å². The van der Waals surface area contributed by atoms with Crippen molar-refractivity contribution in [2.45, 2.75) is 12.5 Å². The van der Waals surface area contributed by atoms with Crippen LogP contribution >= 0.6 is 0 Å². The van der Waals surface area contributed by atoms with Crippen LogP contribution in [-0.2, 0) is 0 Å². The molecule has 3 aromatic rings. The highest BCUT2D eigenvalue weighted by atomic mass is 19.1. The summed E-state index contributed by atoms with van der Waals surface area (Å²) in [6.07, 6.45) is 4.50. The van der Waals surface area contributed by atoms with Gasteiger partial charge < -0.3 is 10.6 Å². The van der Waals surface area contributed by atoms with Gasteiger partial charge in [-0.15, -0.1) is 0 Å². The summed E-state index contributed by atoms with van der Waals surface area (Å²) < 4.78 is 15.2. The van der Waals surface area contributed by atoms with Gasteiger partial charge in [0.2, 0.25) is 0 Å². The zero-order chi connectivity index (χ0) is 15.1. The Hall–Kier alpha value is -2.47. The van der Waals surface area contributed by atoms with Gasteiger partial charge in [0.05, 0.1) is 5.69 Å². The molecule has 0 spiro atoms. The minimum Gasteiger partial charge on any atom is -0.353 e. The van der Waals surface area contributed by atoms with Gasteiger partial charge in [-0.2, -0.15) is 5.10 Å². The molecule has 0 amide bonds. The maximum absolute atomic E-state index is 13.4. The molecule has 112 valence electrons. The average Bonchev–Trinajstić information content (AvgIpc) is 3.13. The second-order valence-electron chi connectivity index (χ2n) is 5.62. The van der Waals surface area contributed by atoms with E-state index < -0.39 is 0 Å². The summed E-state index contributed by atoms with van der Waals surface area (Å²) in [5, 5.41) is 4.53. The standard InChI is InChI=1S/C16H16FN5/c17-12-3-1-2-11(8-12)14-9-15-16(19-5-7-22(15)20-14)21-6-4-13(18)10-21/h1-3,5,7-9,13H,4,6,10,18H2. The quantitative estimate of drug-likeness (QED) is 0.786. The van der Waals surface area contributed by atoms with Gasteiger partial charge in [0, 0.05) is 37.1 Å². The lowest BCUT2D eigenvalue weighted by atomic mass is 10.1. The minimum absolute atomic E-state index is 0.188. The Balaban J connectivity index is 1.81. The molecule has 2 aromatic heterocycles. The van der Waals surface area contributed by atoms with Crippen LogP contribution in [-0.4, -0.2) is 33.7 Å². The van der Waals surface area contributed by atoms with E-state index in [2.05, 4.69) is 15.0 Å². The Labute approximate surface area is 127 Å². The van der Waals surface area contributed by atoms with Crippen LogP contribution in [0.1, 0.15) is 6.42 Å². The van der Waals surface area contributed by atoms with Crippen molar-refractivity contribution in [2.24, 2.45) is 5.73 Å². The summed E-state index contributed by atoms with van der Waals surface area (Å²) >= 11 is 0. The number of anilines is 1. The van der Waals surface area contributed by atoms with Crippen LogP contribution in [0.5, 0.6) is 0 Å². The zero-order valence-electron chi connectivity index (χ0n) is 12.0. The molecule has 5 nitrogen and oxygen atoms in total. The number of hydrogen-bond acceptors (Lipinski definition) is 4. The summed E-state index contributed by atoms with van der Waals surface area (Å²) in [6, 6.07) is 8.59. The van der Waals surface area contributed by atoms with Gasteiger partial charge >= 0.3 is 0 Å². The van der Waals surface area contributed by atoms with E-state index in [4.69, 9.17) is 5.73 Å². The molecule has 0 aliphatic carbocycles. The molecular formula is C16H16FN5. The predicted octanol–water partition coefficient (Wildman–Crippen LogP) is 2.07. The van der Waals surface area contributed by atoms with Crippen molar-refractivity contribution in [2.75, 3.05) is 18.0 Å². The topological polar surface area (TPSA) is 59.5 Å². The molecule has 3 heterocycles. The van der Waals surface area contributed by atoms with Gasteiger partial charge in [0.25, 0.3) is 0 Å². The number of halogens is 1. The molecule has 1 aliphatic heterocycles. The van der Waals surface area contributed by atoms with Crippen LogP contribution in [0.3, 0.4) is 0 Å². The molecule has 22 heavy (non-hydrogen) atoms. The highest BCUT2D eigenvalue weighted by Crippen LogP contribution is 2.27. The number of nitrogens with zero attached hydrogens (tertiary/aromatic N) is 4. The maximum atomic E-state index is 13.4. The normalized spacial score (nSPS) is 18.3. The van der Waals surface area contributed by atoms with Crippen molar-refractivity contribution in [1.29, 1.82) is 0 Å². The molecule has 4 rings (SSSR count). The molecule has 0 radical (unpaired) electrons. The molecule has 6 heteroatoms. The predicted molar refractivity (Wildman–Crippen MR) is 83.2 cm³/mol. The number of fused-ring (bicyclic) bond motifs is 1. The van der Waals surface area contributed by atoms with Gasteiger partial charge in [-0.3, -0.25) is 0 Å². The second-order valence-corrected chi connectivity index (χ2v) is 5.62. The largest absolute Gasteiger partial charge is 0.353 e. The highest BCUT2D eigenvalue weighted by Gasteiger charge is 2.22. The van der Waals surface area contributed by atoms with Crippen molar-refractivity contribution in [1.82, 2.24) is 14.6 Å². The van der Waals surface area contributed by atoms with E-state index in [1.165, 1.54) is 12.1 Å². The van der Waals surface area contributed by atoms with Crippen LogP contribution in [0.2, 0.25) is 0 Å². The molecule has 1 fully saturated rings. The van der Waals surface area contributed by atoms with Crippen LogP contribution in [0.25, 0.3) is 16.8 Å². The lowest BCUT2D eigenvalue weighted by molar-refractivity contribution is 0.628. The van der Waals surface area contributed by atoms with Crippen LogP contribution in [0, 0.1) is 5.82 Å². The summed E-state index contributed by atoms with van der Waals surface area (Å²) in [6.45, 7) is 1.70. The van der Waals surface area contributed by atoms with E-state index in [0.29, 0.717) is 0 Å². The lowest BCUT2D eigenvalue weighted by Gasteiger charge is -2.17. The molecule has 1 saturated heterocycles. The minimum atomic E-state index is -0.265. The molecule has 0 saturated carbocycles. The maximum Gasteiger partial charge on any atom is 0.154 e. The van der Waals surface area contributed by atoms with E-state index in [-0.39, 0.29) is 11.9 Å². The van der Waals surface area contributed by atoms with Gasteiger partial charge in [0.1, 0.15) is 11.3 Å². The summed E-state index contributed by atoms with van der Waals surface area (Å²) in [7, 11) is 0. The Morgan fingerprint density at radius 3 is 2.95 bits per heavy atom. The smallest absolute Gasteiger partial charge is 0.154 e. The third-order valence-corrected chi connectivity index (χ3v) is 4.01. The second kappa shape index (κ2) is 5.06. The van der Waals surface area contributed by atoms with Gasteiger partial charge in [0.15, 0.2) is 5.82 Å². The Kier molecular flexibility index (Phi) is 3.04. The van der Waals surface area contributed by atoms with E-state index in [9.17, 15) is 4.39 Å². The van der Waals surface area contributed by atoms with Gasteiger partial charge in [-0.1, -0.05) is 12.1 Å². The fraction of sp³-hybridized carbons (Fsp3) is 0.250. The fourth-order valence-corrected chi connectivity index (χ4v) is 2.92. The summed E-state index contributed by atoms with van der Waals surface area (Å²) in [5.74, 6) is 0.615. The van der Waals surface area contributed by atoms with Gasteiger partial charge in [-0.25, -0.2) is 13.9 Å². The van der Waals surface area contributed by atoms with Crippen LogP contribution in [0.15, 0.2) is 42.7 Å². The van der Waals surface area contributed by atoms with E-state index in [1.54, 1.807) is 23.0 Å². The molecule has 0 bridgehead atoms. The number of benzene rings is 1. The number of aromatic nitrogens is 3. The first-order valence-corrected chi connectivity index (χ1v) is 7.31. The Bertz CT molecular complexity index is 828. The fourth-order valence-electron chi connectivity index (χ4n) is 2.92. The number of nitrogens with two attached hydrogens (primary N) is 1. The zero-order valence-corrected chi connectivity index (χ0v) is 12.0. The van der Waals surface area contributed by atoms with Crippen LogP contribution in [0.4, 0.5) is 10.2 Å². The van der Waals surface area contributed by atoms with Crippen LogP contribution < -0.4 is 10.6 Å². The first-order chi connectivity index (χ1) is 10.7. The monoisotopic (exact) mass is 297 g/mol. The molecular weight excluding hydrogens is 281 g/mol. The van der Waals surface area contributed by atoms with E-state index >= 15 is 0 Å². The first-order valence-electron chi connectivity index (χ1n) is 7.31. The third-order valence-electron chi connectivity index (χ3n) is 4.01. The lowest BCUT2D eigenvalue weighted by Crippen LogP contribution is -2.27. The average molecular weight is 297 g/mol. The summed E-state index contributed by atoms with van der Waals surface area (Å²) in [4.78, 5) is 6.66. The Morgan fingerprint density at radius 1 is 1.27 bits per heavy atom. The molecule has 1 aliphatic rings. The molecule has 2 N–H and O–H groups in total. The van der Waals surface area contributed by atoms with Gasteiger partial charge in [-0.05, 0) is 24.6 Å².